The Kier molecular flexibility index (Phi) is 3.76. The fraction of sp³-hybridized carbons (Fsp3) is 0.500. The fourth-order valence-corrected chi connectivity index (χ4v) is 3.35. The molecule has 1 aromatic carbocycles. The second-order valence-corrected chi connectivity index (χ2v) is 7.50. The lowest BCUT2D eigenvalue weighted by molar-refractivity contribution is -0.00718. The van der Waals surface area contributed by atoms with Crippen LogP contribution in [0.4, 0.5) is 4.79 Å². The third-order valence-corrected chi connectivity index (χ3v) is 4.48. The quantitative estimate of drug-likeness (QED) is 0.797. The molecule has 1 aromatic heterocycles. The minimum absolute atomic E-state index is 0.0266. The van der Waals surface area contributed by atoms with Crippen LogP contribution in [0.2, 0.25) is 0 Å². The molecule has 3 heterocycles. The SMILES string of the molecule is CC(C)(C)OC(=O)N1C[C@@H]2OCc3c(-c4ccccc4)nnn3[C@H]2C1. The number of nitrogens with zero attached hydrogens (tertiary/aromatic N) is 4. The second-order valence-electron chi connectivity index (χ2n) is 7.50. The molecule has 0 unspecified atom stereocenters. The Bertz CT molecular complexity index is 781. The summed E-state index contributed by atoms with van der Waals surface area (Å²) in [5, 5.41) is 8.71. The van der Waals surface area contributed by atoms with E-state index in [-0.39, 0.29) is 18.2 Å². The van der Waals surface area contributed by atoms with Crippen molar-refractivity contribution in [2.24, 2.45) is 0 Å². The van der Waals surface area contributed by atoms with Gasteiger partial charge in [-0.2, -0.15) is 0 Å². The molecule has 2 aromatic rings. The molecule has 0 N–H and O–H groups in total. The zero-order chi connectivity index (χ0) is 17.6. The number of benzene rings is 1. The Morgan fingerprint density at radius 1 is 1.24 bits per heavy atom. The first-order chi connectivity index (χ1) is 11.9. The molecule has 4 rings (SSSR count). The van der Waals surface area contributed by atoms with E-state index in [0.717, 1.165) is 17.0 Å². The number of carbonyl (C=O) groups is 1. The summed E-state index contributed by atoms with van der Waals surface area (Å²) in [5.74, 6) is 0. The fourth-order valence-electron chi connectivity index (χ4n) is 3.35. The molecule has 132 valence electrons. The van der Waals surface area contributed by atoms with E-state index >= 15 is 0 Å². The molecule has 1 amide bonds. The molecule has 0 aliphatic carbocycles. The summed E-state index contributed by atoms with van der Waals surface area (Å²) in [6.45, 7) is 7.08. The maximum absolute atomic E-state index is 12.3. The molecular formula is C18H22N4O3. The van der Waals surface area contributed by atoms with Gasteiger partial charge in [-0.15, -0.1) is 5.10 Å². The van der Waals surface area contributed by atoms with Crippen LogP contribution in [-0.2, 0) is 16.1 Å². The Morgan fingerprint density at radius 3 is 2.72 bits per heavy atom. The van der Waals surface area contributed by atoms with Crippen molar-refractivity contribution in [2.75, 3.05) is 13.1 Å². The molecule has 0 bridgehead atoms. The van der Waals surface area contributed by atoms with Crippen molar-refractivity contribution in [2.45, 2.75) is 45.1 Å². The van der Waals surface area contributed by atoms with Gasteiger partial charge in [0.2, 0.25) is 0 Å². The van der Waals surface area contributed by atoms with Gasteiger partial charge in [-0.05, 0) is 20.8 Å². The minimum Gasteiger partial charge on any atom is -0.444 e. The first-order valence-corrected chi connectivity index (χ1v) is 8.51. The van der Waals surface area contributed by atoms with E-state index in [0.29, 0.717) is 19.7 Å². The van der Waals surface area contributed by atoms with Gasteiger partial charge in [0, 0.05) is 12.1 Å². The lowest BCUT2D eigenvalue weighted by Crippen LogP contribution is -2.36. The zero-order valence-corrected chi connectivity index (χ0v) is 14.7. The van der Waals surface area contributed by atoms with E-state index in [4.69, 9.17) is 9.47 Å². The summed E-state index contributed by atoms with van der Waals surface area (Å²) >= 11 is 0. The number of amides is 1. The zero-order valence-electron chi connectivity index (χ0n) is 14.7. The van der Waals surface area contributed by atoms with Crippen molar-refractivity contribution in [3.8, 4) is 11.3 Å². The summed E-state index contributed by atoms with van der Waals surface area (Å²) in [4.78, 5) is 14.0. The van der Waals surface area contributed by atoms with Gasteiger partial charge < -0.3 is 14.4 Å². The molecule has 2 aliphatic rings. The smallest absolute Gasteiger partial charge is 0.410 e. The van der Waals surface area contributed by atoms with Gasteiger partial charge in [-0.25, -0.2) is 9.48 Å². The van der Waals surface area contributed by atoms with E-state index in [1.54, 1.807) is 4.90 Å². The summed E-state index contributed by atoms with van der Waals surface area (Å²) in [5.41, 5.74) is 2.31. The molecule has 0 radical (unpaired) electrons. The van der Waals surface area contributed by atoms with Gasteiger partial charge in [-0.1, -0.05) is 35.5 Å². The summed E-state index contributed by atoms with van der Waals surface area (Å²) < 4.78 is 13.4. The van der Waals surface area contributed by atoms with Gasteiger partial charge >= 0.3 is 6.09 Å². The molecule has 1 fully saturated rings. The highest BCUT2D eigenvalue weighted by Gasteiger charge is 2.43. The molecular weight excluding hydrogens is 320 g/mol. The first-order valence-electron chi connectivity index (χ1n) is 8.51. The maximum Gasteiger partial charge on any atom is 0.410 e. The van der Waals surface area contributed by atoms with Crippen LogP contribution < -0.4 is 0 Å². The van der Waals surface area contributed by atoms with Crippen LogP contribution in [-0.4, -0.2) is 50.8 Å². The standard InChI is InChI=1S/C18H22N4O3/c1-18(2,3)25-17(23)21-9-13-15(10-21)24-11-14-16(19-20-22(13)14)12-7-5-4-6-8-12/h4-8,13,15H,9-11H2,1-3H3/t13-,15-/m0/s1. The number of carbonyl (C=O) groups excluding carboxylic acids is 1. The van der Waals surface area contributed by atoms with Crippen LogP contribution in [0.1, 0.15) is 32.5 Å². The van der Waals surface area contributed by atoms with Crippen molar-refractivity contribution in [1.29, 1.82) is 0 Å². The number of likely N-dealkylation sites (tertiary alicyclic amines) is 1. The van der Waals surface area contributed by atoms with Crippen LogP contribution in [0, 0.1) is 0 Å². The van der Waals surface area contributed by atoms with E-state index in [1.807, 2.05) is 55.8 Å². The van der Waals surface area contributed by atoms with Crippen LogP contribution in [0.15, 0.2) is 30.3 Å². The predicted octanol–water partition coefficient (Wildman–Crippen LogP) is 2.64. The topological polar surface area (TPSA) is 69.5 Å². The molecule has 1 saturated heterocycles. The third-order valence-electron chi connectivity index (χ3n) is 4.48. The number of ether oxygens (including phenoxy) is 2. The van der Waals surface area contributed by atoms with Crippen LogP contribution in [0.3, 0.4) is 0 Å². The number of aromatic nitrogens is 3. The second kappa shape index (κ2) is 5.84. The van der Waals surface area contributed by atoms with Gasteiger partial charge in [0.25, 0.3) is 0 Å². The highest BCUT2D eigenvalue weighted by Crippen LogP contribution is 2.34. The Morgan fingerprint density at radius 2 is 2.00 bits per heavy atom. The summed E-state index contributed by atoms with van der Waals surface area (Å²) in [6, 6.07) is 9.93. The third kappa shape index (κ3) is 3.00. The number of hydrogen-bond acceptors (Lipinski definition) is 5. The molecule has 0 saturated carbocycles. The van der Waals surface area contributed by atoms with E-state index in [2.05, 4.69) is 10.3 Å². The highest BCUT2D eigenvalue weighted by atomic mass is 16.6. The summed E-state index contributed by atoms with van der Waals surface area (Å²) in [7, 11) is 0. The van der Waals surface area contributed by atoms with Gasteiger partial charge in [0.1, 0.15) is 11.3 Å². The van der Waals surface area contributed by atoms with Crippen LogP contribution >= 0.6 is 0 Å². The molecule has 7 heteroatoms. The Balaban J connectivity index is 1.57. The average Bonchev–Trinajstić information content (AvgIpc) is 3.17. The number of fused-ring (bicyclic) bond motifs is 3. The van der Waals surface area contributed by atoms with Crippen LogP contribution in [0.25, 0.3) is 11.3 Å². The summed E-state index contributed by atoms with van der Waals surface area (Å²) in [6.07, 6.45) is -0.388. The van der Waals surface area contributed by atoms with E-state index in [1.165, 1.54) is 0 Å². The van der Waals surface area contributed by atoms with Crippen molar-refractivity contribution in [3.05, 3.63) is 36.0 Å². The highest BCUT2D eigenvalue weighted by molar-refractivity contribution is 5.69. The van der Waals surface area contributed by atoms with E-state index in [9.17, 15) is 4.79 Å². The van der Waals surface area contributed by atoms with Gasteiger partial charge in [0.15, 0.2) is 0 Å². The maximum atomic E-state index is 12.3. The van der Waals surface area contributed by atoms with Crippen LogP contribution in [0.5, 0.6) is 0 Å². The Labute approximate surface area is 146 Å². The molecule has 0 spiro atoms. The predicted molar refractivity (Wildman–Crippen MR) is 90.9 cm³/mol. The lowest BCUT2D eigenvalue weighted by Gasteiger charge is -2.26. The molecule has 25 heavy (non-hydrogen) atoms. The number of hydrogen-bond donors (Lipinski definition) is 0. The monoisotopic (exact) mass is 342 g/mol. The van der Waals surface area contributed by atoms with Gasteiger partial charge in [-0.3, -0.25) is 0 Å². The Hall–Kier alpha value is -2.41. The van der Waals surface area contributed by atoms with Crippen molar-refractivity contribution >= 4 is 6.09 Å². The number of rotatable bonds is 1. The van der Waals surface area contributed by atoms with Crippen molar-refractivity contribution in [3.63, 3.8) is 0 Å². The molecule has 2 atom stereocenters. The molecule has 2 aliphatic heterocycles. The largest absolute Gasteiger partial charge is 0.444 e. The normalized spacial score (nSPS) is 22.4. The van der Waals surface area contributed by atoms with E-state index < -0.39 is 5.60 Å². The average molecular weight is 342 g/mol. The van der Waals surface area contributed by atoms with Crippen molar-refractivity contribution < 1.29 is 14.3 Å². The minimum atomic E-state index is -0.509. The van der Waals surface area contributed by atoms with Crippen molar-refractivity contribution in [1.82, 2.24) is 19.9 Å². The lowest BCUT2D eigenvalue weighted by atomic mass is 10.1. The van der Waals surface area contributed by atoms with Gasteiger partial charge in [0.05, 0.1) is 31.0 Å². The molecule has 7 nitrogen and oxygen atoms in total. The first kappa shape index (κ1) is 16.1.